The summed E-state index contributed by atoms with van der Waals surface area (Å²) in [6.07, 6.45) is 0. The molecular formula is C17H22FN5O2S. The molecule has 9 heteroatoms. The number of amides is 3. The minimum Gasteiger partial charge on any atom is -0.338 e. The molecule has 2 N–H and O–H groups in total. The standard InChI is InChI=1S/C17H22FN5O2S/c1-4-19-16(25)20-14(24)10-26-17-22-21-15(23(17)9-11(2)3)12-7-5-6-8-13(12)18/h5-8,11H,4,9-10H2,1-3H3,(H2,19,20,24,25). The highest BCUT2D eigenvalue weighted by atomic mass is 32.2. The van der Waals surface area contributed by atoms with E-state index in [0.29, 0.717) is 29.6 Å². The number of rotatable bonds is 7. The van der Waals surface area contributed by atoms with Gasteiger partial charge in [-0.2, -0.15) is 0 Å². The van der Waals surface area contributed by atoms with Crippen molar-refractivity contribution in [3.63, 3.8) is 0 Å². The second-order valence-corrected chi connectivity index (χ2v) is 6.93. The van der Waals surface area contributed by atoms with E-state index >= 15 is 0 Å². The van der Waals surface area contributed by atoms with Gasteiger partial charge in [-0.25, -0.2) is 9.18 Å². The number of halogens is 1. The maximum Gasteiger partial charge on any atom is 0.321 e. The quantitative estimate of drug-likeness (QED) is 0.722. The zero-order chi connectivity index (χ0) is 19.1. The summed E-state index contributed by atoms with van der Waals surface area (Å²) in [6.45, 7) is 6.83. The molecule has 26 heavy (non-hydrogen) atoms. The van der Waals surface area contributed by atoms with Gasteiger partial charge in [0.1, 0.15) is 5.82 Å². The molecule has 3 amide bonds. The third kappa shape index (κ3) is 5.29. The van der Waals surface area contributed by atoms with Crippen LogP contribution in [0, 0.1) is 11.7 Å². The van der Waals surface area contributed by atoms with Crippen molar-refractivity contribution in [2.24, 2.45) is 5.92 Å². The van der Waals surface area contributed by atoms with Crippen molar-refractivity contribution in [3.05, 3.63) is 30.1 Å². The van der Waals surface area contributed by atoms with Crippen molar-refractivity contribution in [2.75, 3.05) is 12.3 Å². The van der Waals surface area contributed by atoms with Crippen molar-refractivity contribution in [3.8, 4) is 11.4 Å². The number of benzene rings is 1. The normalized spacial score (nSPS) is 10.8. The number of imide groups is 1. The number of aromatic nitrogens is 3. The Morgan fingerprint density at radius 2 is 2.00 bits per heavy atom. The highest BCUT2D eigenvalue weighted by molar-refractivity contribution is 7.99. The van der Waals surface area contributed by atoms with E-state index in [1.807, 2.05) is 13.8 Å². The fraction of sp³-hybridized carbons (Fsp3) is 0.412. The van der Waals surface area contributed by atoms with Crippen molar-refractivity contribution >= 4 is 23.7 Å². The lowest BCUT2D eigenvalue weighted by molar-refractivity contribution is -0.117. The van der Waals surface area contributed by atoms with E-state index in [1.54, 1.807) is 29.7 Å². The number of carbonyl (C=O) groups is 2. The molecule has 0 fully saturated rings. The topological polar surface area (TPSA) is 88.9 Å². The first-order valence-electron chi connectivity index (χ1n) is 8.31. The Balaban J connectivity index is 2.17. The summed E-state index contributed by atoms with van der Waals surface area (Å²) in [5.74, 6) is -0.114. The summed E-state index contributed by atoms with van der Waals surface area (Å²) < 4.78 is 15.9. The van der Waals surface area contributed by atoms with Crippen LogP contribution < -0.4 is 10.6 Å². The molecule has 0 atom stereocenters. The van der Waals surface area contributed by atoms with Crippen LogP contribution in [-0.2, 0) is 11.3 Å². The largest absolute Gasteiger partial charge is 0.338 e. The molecule has 0 aliphatic heterocycles. The number of hydrogen-bond acceptors (Lipinski definition) is 5. The number of nitrogens with zero attached hydrogens (tertiary/aromatic N) is 3. The Morgan fingerprint density at radius 3 is 2.65 bits per heavy atom. The molecule has 1 heterocycles. The van der Waals surface area contributed by atoms with Crippen molar-refractivity contribution in [1.29, 1.82) is 0 Å². The fourth-order valence-electron chi connectivity index (χ4n) is 2.26. The number of carbonyl (C=O) groups excluding carboxylic acids is 2. The Hall–Kier alpha value is -2.42. The van der Waals surface area contributed by atoms with Gasteiger partial charge in [0, 0.05) is 13.1 Å². The first-order valence-corrected chi connectivity index (χ1v) is 9.29. The number of urea groups is 1. The summed E-state index contributed by atoms with van der Waals surface area (Å²) in [5, 5.41) is 13.4. The molecule has 2 rings (SSSR count). The Bertz CT molecular complexity index is 778. The fourth-order valence-corrected chi connectivity index (χ4v) is 3.01. The van der Waals surface area contributed by atoms with E-state index in [2.05, 4.69) is 20.8 Å². The van der Waals surface area contributed by atoms with Crippen LogP contribution >= 0.6 is 11.8 Å². The van der Waals surface area contributed by atoms with E-state index < -0.39 is 11.9 Å². The molecule has 0 saturated heterocycles. The van der Waals surface area contributed by atoms with E-state index in [4.69, 9.17) is 0 Å². The van der Waals surface area contributed by atoms with Crippen LogP contribution in [0.15, 0.2) is 29.4 Å². The SMILES string of the molecule is CCNC(=O)NC(=O)CSc1nnc(-c2ccccc2F)n1CC(C)C. The molecule has 0 saturated carbocycles. The van der Waals surface area contributed by atoms with Gasteiger partial charge in [-0.15, -0.1) is 10.2 Å². The molecule has 7 nitrogen and oxygen atoms in total. The summed E-state index contributed by atoms with van der Waals surface area (Å²) in [7, 11) is 0. The molecule has 140 valence electrons. The van der Waals surface area contributed by atoms with Crippen LogP contribution in [0.4, 0.5) is 9.18 Å². The van der Waals surface area contributed by atoms with Gasteiger partial charge < -0.3 is 9.88 Å². The van der Waals surface area contributed by atoms with Crippen molar-refractivity contribution in [1.82, 2.24) is 25.4 Å². The molecule has 0 bridgehead atoms. The number of nitrogens with one attached hydrogen (secondary N) is 2. The lowest BCUT2D eigenvalue weighted by Gasteiger charge is -2.12. The molecule has 0 unspecified atom stereocenters. The first-order chi connectivity index (χ1) is 12.4. The zero-order valence-electron chi connectivity index (χ0n) is 15.0. The highest BCUT2D eigenvalue weighted by Crippen LogP contribution is 2.26. The molecule has 2 aromatic rings. The van der Waals surface area contributed by atoms with Gasteiger partial charge in [-0.3, -0.25) is 10.1 Å². The van der Waals surface area contributed by atoms with Gasteiger partial charge in [0.15, 0.2) is 11.0 Å². The average Bonchev–Trinajstić information content (AvgIpc) is 2.95. The third-order valence-electron chi connectivity index (χ3n) is 3.30. The summed E-state index contributed by atoms with van der Waals surface area (Å²) in [5.41, 5.74) is 0.360. The summed E-state index contributed by atoms with van der Waals surface area (Å²) in [6, 6.07) is 5.83. The summed E-state index contributed by atoms with van der Waals surface area (Å²) >= 11 is 1.15. The van der Waals surface area contributed by atoms with Gasteiger partial charge in [0.2, 0.25) is 5.91 Å². The highest BCUT2D eigenvalue weighted by Gasteiger charge is 2.19. The monoisotopic (exact) mass is 379 g/mol. The maximum atomic E-state index is 14.1. The van der Waals surface area contributed by atoms with Crippen LogP contribution in [-0.4, -0.2) is 39.0 Å². The molecule has 1 aromatic heterocycles. The summed E-state index contributed by atoms with van der Waals surface area (Å²) in [4.78, 5) is 23.2. The van der Waals surface area contributed by atoms with Gasteiger partial charge in [0.25, 0.3) is 0 Å². The lowest BCUT2D eigenvalue weighted by Crippen LogP contribution is -2.40. The predicted molar refractivity (Wildman–Crippen MR) is 98.2 cm³/mol. The second-order valence-electron chi connectivity index (χ2n) is 5.99. The van der Waals surface area contributed by atoms with Crippen LogP contribution in [0.3, 0.4) is 0 Å². The van der Waals surface area contributed by atoms with Crippen LogP contribution in [0.5, 0.6) is 0 Å². The van der Waals surface area contributed by atoms with Gasteiger partial charge in [-0.05, 0) is 25.0 Å². The Kier molecular flexibility index (Phi) is 7.14. The maximum absolute atomic E-state index is 14.1. The second kappa shape index (κ2) is 9.33. The molecule has 0 radical (unpaired) electrons. The lowest BCUT2D eigenvalue weighted by atomic mass is 10.2. The Morgan fingerprint density at radius 1 is 1.27 bits per heavy atom. The Labute approximate surface area is 155 Å². The van der Waals surface area contributed by atoms with Gasteiger partial charge in [0.05, 0.1) is 11.3 Å². The van der Waals surface area contributed by atoms with Crippen molar-refractivity contribution < 1.29 is 14.0 Å². The molecule has 1 aromatic carbocycles. The first kappa shape index (κ1) is 19.9. The van der Waals surface area contributed by atoms with Crippen LogP contribution in [0.25, 0.3) is 11.4 Å². The molecular weight excluding hydrogens is 357 g/mol. The zero-order valence-corrected chi connectivity index (χ0v) is 15.8. The molecule has 0 aliphatic carbocycles. The third-order valence-corrected chi connectivity index (χ3v) is 4.27. The van der Waals surface area contributed by atoms with Crippen LogP contribution in [0.1, 0.15) is 20.8 Å². The minimum atomic E-state index is -0.534. The number of thioether (sulfide) groups is 1. The smallest absolute Gasteiger partial charge is 0.321 e. The number of hydrogen-bond donors (Lipinski definition) is 2. The van der Waals surface area contributed by atoms with Crippen LogP contribution in [0.2, 0.25) is 0 Å². The van der Waals surface area contributed by atoms with E-state index in [0.717, 1.165) is 11.8 Å². The van der Waals surface area contributed by atoms with Gasteiger partial charge in [-0.1, -0.05) is 37.7 Å². The van der Waals surface area contributed by atoms with E-state index in [9.17, 15) is 14.0 Å². The van der Waals surface area contributed by atoms with Gasteiger partial charge >= 0.3 is 6.03 Å². The van der Waals surface area contributed by atoms with E-state index in [1.165, 1.54) is 6.07 Å². The average molecular weight is 379 g/mol. The molecule has 0 spiro atoms. The van der Waals surface area contributed by atoms with Crippen molar-refractivity contribution in [2.45, 2.75) is 32.5 Å². The predicted octanol–water partition coefficient (Wildman–Crippen LogP) is 2.68. The minimum absolute atomic E-state index is 0.00460. The van der Waals surface area contributed by atoms with E-state index in [-0.39, 0.29) is 17.5 Å². The molecule has 0 aliphatic rings.